The van der Waals surface area contributed by atoms with Crippen molar-refractivity contribution in [3.8, 4) is 0 Å². The lowest BCUT2D eigenvalue weighted by Crippen LogP contribution is -2.49. The zero-order valence-electron chi connectivity index (χ0n) is 9.76. The van der Waals surface area contributed by atoms with E-state index in [4.69, 9.17) is 5.11 Å². The molecule has 0 bridgehead atoms. The van der Waals surface area contributed by atoms with Crippen molar-refractivity contribution in [1.29, 1.82) is 0 Å². The first kappa shape index (κ1) is 12.3. The van der Waals surface area contributed by atoms with Gasteiger partial charge in [0, 0.05) is 12.7 Å². The van der Waals surface area contributed by atoms with Gasteiger partial charge < -0.3 is 15.0 Å². The van der Waals surface area contributed by atoms with E-state index >= 15 is 0 Å². The average Bonchev–Trinajstić information content (AvgIpc) is 2.38. The number of carbonyl (C=O) groups is 2. The molecular formula is C12H14N2O4. The van der Waals surface area contributed by atoms with Crippen molar-refractivity contribution in [2.45, 2.75) is 25.3 Å². The Balaban J connectivity index is 2.29. The number of hydrogen-bond donors (Lipinski definition) is 2. The number of H-pyrrole nitrogens is 1. The lowest BCUT2D eigenvalue weighted by Gasteiger charge is -2.32. The quantitative estimate of drug-likeness (QED) is 0.797. The Labute approximate surface area is 103 Å². The van der Waals surface area contributed by atoms with Gasteiger partial charge in [-0.2, -0.15) is 0 Å². The second-order valence-electron chi connectivity index (χ2n) is 4.26. The Morgan fingerprint density at radius 1 is 1.39 bits per heavy atom. The molecule has 2 N–H and O–H groups in total. The van der Waals surface area contributed by atoms with Gasteiger partial charge >= 0.3 is 5.97 Å². The van der Waals surface area contributed by atoms with Gasteiger partial charge in [-0.15, -0.1) is 0 Å². The van der Waals surface area contributed by atoms with E-state index in [2.05, 4.69) is 4.98 Å². The number of amides is 1. The van der Waals surface area contributed by atoms with Crippen molar-refractivity contribution in [2.75, 3.05) is 6.54 Å². The molecule has 2 rings (SSSR count). The highest BCUT2D eigenvalue weighted by Crippen LogP contribution is 2.18. The number of carboxylic acids is 1. The minimum atomic E-state index is -1.02. The van der Waals surface area contributed by atoms with Crippen LogP contribution in [0.2, 0.25) is 0 Å². The van der Waals surface area contributed by atoms with E-state index in [-0.39, 0.29) is 5.56 Å². The fourth-order valence-electron chi connectivity index (χ4n) is 2.18. The molecule has 1 aliphatic rings. The maximum atomic E-state index is 12.2. The molecule has 0 aliphatic carbocycles. The third-order valence-electron chi connectivity index (χ3n) is 3.10. The Morgan fingerprint density at radius 2 is 2.17 bits per heavy atom. The molecule has 6 heteroatoms. The topological polar surface area (TPSA) is 90.5 Å². The van der Waals surface area contributed by atoms with Crippen LogP contribution < -0.4 is 5.56 Å². The number of aromatic nitrogens is 1. The lowest BCUT2D eigenvalue weighted by molar-refractivity contribution is -0.143. The third-order valence-corrected chi connectivity index (χ3v) is 3.10. The first-order chi connectivity index (χ1) is 8.61. The van der Waals surface area contributed by atoms with Gasteiger partial charge in [0.05, 0.1) is 0 Å². The van der Waals surface area contributed by atoms with Crippen LogP contribution in [0.3, 0.4) is 0 Å². The molecule has 1 aromatic rings. The zero-order chi connectivity index (χ0) is 13.1. The lowest BCUT2D eigenvalue weighted by atomic mass is 10.0. The smallest absolute Gasteiger partial charge is 0.326 e. The minimum Gasteiger partial charge on any atom is -0.480 e. The normalized spacial score (nSPS) is 19.6. The highest BCUT2D eigenvalue weighted by molar-refractivity contribution is 5.96. The van der Waals surface area contributed by atoms with Crippen molar-refractivity contribution in [2.24, 2.45) is 0 Å². The van der Waals surface area contributed by atoms with Gasteiger partial charge in [0.15, 0.2) is 0 Å². The van der Waals surface area contributed by atoms with Crippen LogP contribution in [0.5, 0.6) is 0 Å². The van der Waals surface area contributed by atoms with Crippen LogP contribution in [-0.2, 0) is 4.79 Å². The van der Waals surface area contributed by atoms with Crippen molar-refractivity contribution in [1.82, 2.24) is 9.88 Å². The number of aromatic amines is 1. The number of hydrogen-bond acceptors (Lipinski definition) is 3. The zero-order valence-corrected chi connectivity index (χ0v) is 9.76. The summed E-state index contributed by atoms with van der Waals surface area (Å²) in [4.78, 5) is 38.5. The summed E-state index contributed by atoms with van der Waals surface area (Å²) in [6.07, 6.45) is 3.42. The number of piperidine rings is 1. The first-order valence-corrected chi connectivity index (χ1v) is 5.82. The van der Waals surface area contributed by atoms with E-state index in [0.29, 0.717) is 13.0 Å². The first-order valence-electron chi connectivity index (χ1n) is 5.82. The van der Waals surface area contributed by atoms with E-state index in [9.17, 15) is 14.4 Å². The molecule has 96 valence electrons. The molecule has 1 atom stereocenters. The van der Waals surface area contributed by atoms with Gasteiger partial charge in [0.25, 0.3) is 11.5 Å². The molecule has 1 aromatic heterocycles. The van der Waals surface area contributed by atoms with E-state index in [1.54, 1.807) is 6.07 Å². The summed E-state index contributed by atoms with van der Waals surface area (Å²) in [6.45, 7) is 0.379. The fourth-order valence-corrected chi connectivity index (χ4v) is 2.18. The number of nitrogens with one attached hydrogen (secondary N) is 1. The molecule has 1 aliphatic heterocycles. The number of carbonyl (C=O) groups excluding carboxylic acids is 1. The van der Waals surface area contributed by atoms with E-state index < -0.39 is 23.5 Å². The molecule has 1 amide bonds. The van der Waals surface area contributed by atoms with Crippen LogP contribution >= 0.6 is 0 Å². The van der Waals surface area contributed by atoms with Crippen LogP contribution in [-0.4, -0.2) is 39.5 Å². The van der Waals surface area contributed by atoms with Crippen molar-refractivity contribution in [3.63, 3.8) is 0 Å². The molecule has 18 heavy (non-hydrogen) atoms. The molecule has 0 unspecified atom stereocenters. The standard InChI is InChI=1S/C12H14N2O4/c15-10-8(4-3-6-13-10)11(16)14-7-2-1-5-9(14)12(17)18/h3-4,6,9H,1-2,5,7H2,(H,13,15)(H,17,18)/t9-/m1/s1. The number of likely N-dealkylation sites (tertiary alicyclic amines) is 1. The maximum Gasteiger partial charge on any atom is 0.326 e. The summed E-state index contributed by atoms with van der Waals surface area (Å²) in [5, 5.41) is 9.09. The molecule has 0 spiro atoms. The van der Waals surface area contributed by atoms with Crippen LogP contribution in [0.25, 0.3) is 0 Å². The molecule has 6 nitrogen and oxygen atoms in total. The summed E-state index contributed by atoms with van der Waals surface area (Å²) in [5.74, 6) is -1.53. The number of carboxylic acid groups (broad SMARTS) is 1. The largest absolute Gasteiger partial charge is 0.480 e. The summed E-state index contributed by atoms with van der Waals surface area (Å²) >= 11 is 0. The van der Waals surface area contributed by atoms with Gasteiger partial charge in [-0.05, 0) is 31.4 Å². The second-order valence-corrected chi connectivity index (χ2v) is 4.26. The number of nitrogens with zero attached hydrogens (tertiary/aromatic N) is 1. The van der Waals surface area contributed by atoms with Crippen LogP contribution in [0.15, 0.2) is 23.1 Å². The van der Waals surface area contributed by atoms with E-state index in [1.807, 2.05) is 0 Å². The Bertz CT molecular complexity index is 523. The highest BCUT2D eigenvalue weighted by Gasteiger charge is 2.33. The molecule has 0 saturated carbocycles. The van der Waals surface area contributed by atoms with E-state index in [0.717, 1.165) is 12.8 Å². The summed E-state index contributed by atoms with van der Waals surface area (Å²) < 4.78 is 0. The van der Waals surface area contributed by atoms with Gasteiger partial charge in [0.1, 0.15) is 11.6 Å². The van der Waals surface area contributed by atoms with Crippen molar-refractivity contribution in [3.05, 3.63) is 34.2 Å². The fraction of sp³-hybridized carbons (Fsp3) is 0.417. The van der Waals surface area contributed by atoms with Crippen molar-refractivity contribution < 1.29 is 14.7 Å². The summed E-state index contributed by atoms with van der Waals surface area (Å²) in [5.41, 5.74) is -0.497. The molecule has 1 saturated heterocycles. The minimum absolute atomic E-state index is 0.00866. The highest BCUT2D eigenvalue weighted by atomic mass is 16.4. The van der Waals surface area contributed by atoms with Gasteiger partial charge in [-0.25, -0.2) is 4.79 Å². The van der Waals surface area contributed by atoms with Gasteiger partial charge in [-0.1, -0.05) is 0 Å². The third kappa shape index (κ3) is 2.27. The van der Waals surface area contributed by atoms with Crippen molar-refractivity contribution >= 4 is 11.9 Å². The number of pyridine rings is 1. The van der Waals surface area contributed by atoms with Gasteiger partial charge in [-0.3, -0.25) is 9.59 Å². The molecule has 1 fully saturated rings. The number of rotatable bonds is 2. The summed E-state index contributed by atoms with van der Waals surface area (Å²) in [7, 11) is 0. The second kappa shape index (κ2) is 5.03. The number of aliphatic carboxylic acids is 1. The van der Waals surface area contributed by atoms with Crippen LogP contribution in [0.1, 0.15) is 29.6 Å². The predicted molar refractivity (Wildman–Crippen MR) is 63.4 cm³/mol. The Hall–Kier alpha value is -2.11. The maximum absolute atomic E-state index is 12.2. The monoisotopic (exact) mass is 250 g/mol. The SMILES string of the molecule is O=C(O)[C@H]1CCCCN1C(=O)c1ccc[nH]c1=O. The summed E-state index contributed by atoms with van der Waals surface area (Å²) in [6, 6.07) is 2.13. The molecule has 0 aromatic carbocycles. The van der Waals surface area contributed by atoms with Crippen LogP contribution in [0.4, 0.5) is 0 Å². The average molecular weight is 250 g/mol. The Kier molecular flexibility index (Phi) is 3.45. The predicted octanol–water partition coefficient (Wildman–Crippen LogP) is 0.454. The Morgan fingerprint density at radius 3 is 2.83 bits per heavy atom. The molecular weight excluding hydrogens is 236 g/mol. The molecule has 0 radical (unpaired) electrons. The van der Waals surface area contributed by atoms with Gasteiger partial charge in [0.2, 0.25) is 0 Å². The van der Waals surface area contributed by atoms with E-state index in [1.165, 1.54) is 17.2 Å². The van der Waals surface area contributed by atoms with Crippen LogP contribution in [0, 0.1) is 0 Å². The molecule has 2 heterocycles.